The predicted octanol–water partition coefficient (Wildman–Crippen LogP) is 3.28. The number of aryl methyl sites for hydroxylation is 1. The van der Waals surface area contributed by atoms with Gasteiger partial charge in [0.15, 0.2) is 0 Å². The minimum atomic E-state index is -2.33. The standard InChI is InChI=1S/C20H23N7O/c1-27-18-9-12(3-8-17(18)25-26-27)15-10-21-19-16(15)11-22-20(24-19)23-13-4-6-14(28-2)7-5-13/h3,8-11,13-14H,4-7H2,1-2H3,(H2,21,22,23,24)/i2D3. The van der Waals surface area contributed by atoms with E-state index in [0.717, 1.165) is 46.0 Å². The normalized spacial score (nSPS) is 22.1. The van der Waals surface area contributed by atoms with Crippen LogP contribution in [0.25, 0.3) is 33.2 Å². The largest absolute Gasteiger partial charge is 0.381 e. The highest BCUT2D eigenvalue weighted by molar-refractivity contribution is 5.95. The lowest BCUT2D eigenvalue weighted by Gasteiger charge is -2.28. The van der Waals surface area contributed by atoms with Crippen LogP contribution in [0.2, 0.25) is 0 Å². The number of aromatic nitrogens is 6. The number of hydrogen-bond acceptors (Lipinski definition) is 6. The molecule has 1 fully saturated rings. The quantitative estimate of drug-likeness (QED) is 0.564. The van der Waals surface area contributed by atoms with E-state index < -0.39 is 7.04 Å². The third-order valence-electron chi connectivity index (χ3n) is 5.53. The van der Waals surface area contributed by atoms with Crippen molar-refractivity contribution in [2.75, 3.05) is 12.4 Å². The molecule has 0 amide bonds. The molecule has 0 aliphatic heterocycles. The van der Waals surface area contributed by atoms with Crippen LogP contribution in [0.3, 0.4) is 0 Å². The molecule has 1 aromatic carbocycles. The molecule has 0 spiro atoms. The van der Waals surface area contributed by atoms with Crippen LogP contribution >= 0.6 is 0 Å². The summed E-state index contributed by atoms with van der Waals surface area (Å²) in [6.45, 7) is 0. The molecule has 0 atom stereocenters. The van der Waals surface area contributed by atoms with Gasteiger partial charge in [-0.15, -0.1) is 5.10 Å². The number of rotatable bonds is 4. The second-order valence-electron chi connectivity index (χ2n) is 7.31. The molecule has 0 saturated heterocycles. The van der Waals surface area contributed by atoms with E-state index in [0.29, 0.717) is 18.8 Å². The Morgan fingerprint density at radius 2 is 2.18 bits per heavy atom. The third kappa shape index (κ3) is 2.99. The van der Waals surface area contributed by atoms with Crippen molar-refractivity contribution >= 4 is 28.0 Å². The maximum absolute atomic E-state index is 7.25. The Bertz CT molecular complexity index is 1220. The van der Waals surface area contributed by atoms with Crippen LogP contribution in [-0.2, 0) is 11.8 Å². The van der Waals surface area contributed by atoms with E-state index >= 15 is 0 Å². The number of anilines is 1. The fourth-order valence-electron chi connectivity index (χ4n) is 3.92. The topological polar surface area (TPSA) is 93.5 Å². The number of nitrogens with zero attached hydrogens (tertiary/aromatic N) is 5. The molecule has 8 heteroatoms. The van der Waals surface area contributed by atoms with E-state index in [2.05, 4.69) is 36.6 Å². The monoisotopic (exact) mass is 380 g/mol. The molecule has 1 saturated carbocycles. The summed E-state index contributed by atoms with van der Waals surface area (Å²) in [7, 11) is -0.458. The highest BCUT2D eigenvalue weighted by Crippen LogP contribution is 2.30. The summed E-state index contributed by atoms with van der Waals surface area (Å²) in [5.41, 5.74) is 4.64. The molecule has 0 unspecified atom stereocenters. The Labute approximate surface area is 166 Å². The van der Waals surface area contributed by atoms with Crippen molar-refractivity contribution in [2.45, 2.75) is 37.8 Å². The number of aromatic amines is 1. The molecule has 0 radical (unpaired) electrons. The molecule has 28 heavy (non-hydrogen) atoms. The average Bonchev–Trinajstić information content (AvgIpc) is 3.31. The highest BCUT2D eigenvalue weighted by Gasteiger charge is 2.21. The van der Waals surface area contributed by atoms with Crippen molar-refractivity contribution in [3.63, 3.8) is 0 Å². The molecule has 3 heterocycles. The molecule has 5 rings (SSSR count). The fraction of sp³-hybridized carbons (Fsp3) is 0.400. The molecule has 1 aliphatic carbocycles. The molecule has 2 N–H and O–H groups in total. The summed E-state index contributed by atoms with van der Waals surface area (Å²) in [4.78, 5) is 12.4. The Morgan fingerprint density at radius 3 is 3.04 bits per heavy atom. The van der Waals surface area contributed by atoms with E-state index in [1.807, 2.05) is 31.6 Å². The van der Waals surface area contributed by atoms with Crippen molar-refractivity contribution < 1.29 is 8.85 Å². The average molecular weight is 380 g/mol. The molecular weight excluding hydrogens is 354 g/mol. The first-order chi connectivity index (χ1) is 14.9. The first kappa shape index (κ1) is 14.1. The molecule has 1 aliphatic rings. The van der Waals surface area contributed by atoms with Gasteiger partial charge >= 0.3 is 0 Å². The van der Waals surface area contributed by atoms with Crippen molar-refractivity contribution in [3.05, 3.63) is 30.6 Å². The third-order valence-corrected chi connectivity index (χ3v) is 5.53. The van der Waals surface area contributed by atoms with Crippen LogP contribution in [0.1, 0.15) is 29.8 Å². The lowest BCUT2D eigenvalue weighted by molar-refractivity contribution is 0.0681. The van der Waals surface area contributed by atoms with E-state index in [1.165, 1.54) is 0 Å². The molecule has 0 bridgehead atoms. The van der Waals surface area contributed by atoms with Crippen molar-refractivity contribution in [3.8, 4) is 11.1 Å². The van der Waals surface area contributed by atoms with Gasteiger partial charge in [0.1, 0.15) is 11.2 Å². The van der Waals surface area contributed by atoms with Gasteiger partial charge in [-0.1, -0.05) is 11.3 Å². The van der Waals surface area contributed by atoms with Crippen molar-refractivity contribution in [1.82, 2.24) is 29.9 Å². The first-order valence-corrected chi connectivity index (χ1v) is 9.44. The lowest BCUT2D eigenvalue weighted by atomic mass is 9.93. The minimum Gasteiger partial charge on any atom is -0.381 e. The summed E-state index contributed by atoms with van der Waals surface area (Å²) in [6, 6.07) is 6.23. The van der Waals surface area contributed by atoms with Crippen LogP contribution in [0.4, 0.5) is 5.95 Å². The van der Waals surface area contributed by atoms with E-state index in [-0.39, 0.29) is 12.1 Å². The summed E-state index contributed by atoms with van der Waals surface area (Å²) in [5.74, 6) is 0.562. The van der Waals surface area contributed by atoms with Crippen LogP contribution < -0.4 is 5.32 Å². The smallest absolute Gasteiger partial charge is 0.224 e. The second kappa shape index (κ2) is 6.87. The number of H-pyrrole nitrogens is 1. The molecule has 4 aromatic rings. The van der Waals surface area contributed by atoms with Crippen LogP contribution in [-0.4, -0.2) is 49.1 Å². The number of nitrogens with one attached hydrogen (secondary N) is 2. The number of benzene rings is 1. The summed E-state index contributed by atoms with van der Waals surface area (Å²) >= 11 is 0. The van der Waals surface area contributed by atoms with E-state index in [9.17, 15) is 0 Å². The SMILES string of the molecule is [2H]C([2H])([2H])OC1CCC(Nc2ncc3c(-c4ccc5nnn(C)c5c4)c[nH]c3n2)CC1. The second-order valence-corrected chi connectivity index (χ2v) is 7.31. The van der Waals surface area contributed by atoms with Crippen molar-refractivity contribution in [2.24, 2.45) is 7.05 Å². The molecule has 8 nitrogen and oxygen atoms in total. The molecule has 3 aromatic heterocycles. The van der Waals surface area contributed by atoms with Gasteiger partial charge in [0, 0.05) is 43.5 Å². The van der Waals surface area contributed by atoms with Gasteiger partial charge in [-0.3, -0.25) is 0 Å². The number of ether oxygens (including phenoxy) is 1. The first-order valence-electron chi connectivity index (χ1n) is 10.9. The number of fused-ring (bicyclic) bond motifs is 2. The van der Waals surface area contributed by atoms with Gasteiger partial charge in [-0.2, -0.15) is 4.98 Å². The van der Waals surface area contributed by atoms with Crippen LogP contribution in [0, 0.1) is 0 Å². The Morgan fingerprint density at radius 1 is 1.29 bits per heavy atom. The summed E-state index contributed by atoms with van der Waals surface area (Å²) < 4.78 is 28.6. The van der Waals surface area contributed by atoms with Gasteiger partial charge in [0.2, 0.25) is 5.95 Å². The number of hydrogen-bond donors (Lipinski definition) is 2. The van der Waals surface area contributed by atoms with Gasteiger partial charge in [-0.05, 0) is 43.4 Å². The summed E-state index contributed by atoms with van der Waals surface area (Å²) in [5, 5.41) is 12.5. The minimum absolute atomic E-state index is 0.197. The zero-order chi connectivity index (χ0) is 21.6. The zero-order valence-electron chi connectivity index (χ0n) is 18.5. The Hall–Kier alpha value is -3.00. The van der Waals surface area contributed by atoms with Crippen LogP contribution in [0.15, 0.2) is 30.6 Å². The van der Waals surface area contributed by atoms with Crippen molar-refractivity contribution in [1.29, 1.82) is 0 Å². The number of methoxy groups -OCH3 is 1. The van der Waals surface area contributed by atoms with E-state index in [4.69, 9.17) is 8.85 Å². The fourth-order valence-corrected chi connectivity index (χ4v) is 3.92. The Kier molecular flexibility index (Phi) is 3.45. The maximum atomic E-state index is 7.25. The van der Waals surface area contributed by atoms with Gasteiger partial charge in [0.25, 0.3) is 0 Å². The Balaban J connectivity index is 1.31. The van der Waals surface area contributed by atoms with Gasteiger partial charge in [0.05, 0.1) is 15.7 Å². The molecule has 144 valence electrons. The van der Waals surface area contributed by atoms with Gasteiger partial charge < -0.3 is 15.0 Å². The summed E-state index contributed by atoms with van der Waals surface area (Å²) in [6.07, 6.45) is 6.59. The zero-order valence-corrected chi connectivity index (χ0v) is 15.5. The predicted molar refractivity (Wildman–Crippen MR) is 108 cm³/mol. The highest BCUT2D eigenvalue weighted by atomic mass is 16.5. The molecular formula is C20H23N7O. The van der Waals surface area contributed by atoms with Crippen LogP contribution in [0.5, 0.6) is 0 Å². The maximum Gasteiger partial charge on any atom is 0.224 e. The van der Waals surface area contributed by atoms with Gasteiger partial charge in [-0.25, -0.2) is 9.67 Å². The lowest BCUT2D eigenvalue weighted by Crippen LogP contribution is -2.29. The van der Waals surface area contributed by atoms with E-state index in [1.54, 1.807) is 4.68 Å².